The molecule has 0 radical (unpaired) electrons. The van der Waals surface area contributed by atoms with E-state index in [0.29, 0.717) is 0 Å². The van der Waals surface area contributed by atoms with Crippen LogP contribution in [-0.4, -0.2) is 15.8 Å². The molecule has 9 aromatic carbocycles. The Morgan fingerprint density at radius 2 is 1.10 bits per heavy atom. The van der Waals surface area contributed by atoms with Crippen molar-refractivity contribution in [2.75, 3.05) is 0 Å². The molecule has 1 spiro atoms. The molecule has 1 atom stereocenters. The van der Waals surface area contributed by atoms with Crippen LogP contribution in [0, 0.1) is 34.6 Å². The first-order chi connectivity index (χ1) is 30.8. The van der Waals surface area contributed by atoms with Gasteiger partial charge in [-0.15, -0.1) is 0 Å². The second-order valence-electron chi connectivity index (χ2n) is 19.1. The molecule has 0 saturated carbocycles. The van der Waals surface area contributed by atoms with Crippen molar-refractivity contribution in [2.24, 2.45) is 0 Å². The van der Waals surface area contributed by atoms with E-state index >= 15 is 0 Å². The van der Waals surface area contributed by atoms with Gasteiger partial charge in [0.2, 0.25) is 0 Å². The number of aromatic nitrogens is 2. The zero-order valence-electron chi connectivity index (χ0n) is 36.0. The molecule has 15 rings (SSSR count). The molecule has 0 amide bonds. The van der Waals surface area contributed by atoms with E-state index in [4.69, 9.17) is 0 Å². The Morgan fingerprint density at radius 1 is 0.444 bits per heavy atom. The lowest BCUT2D eigenvalue weighted by molar-refractivity contribution is 0.748. The predicted octanol–water partition coefficient (Wildman–Crippen LogP) is 12.6. The first-order valence-electron chi connectivity index (χ1n) is 22.6. The summed E-state index contributed by atoms with van der Waals surface area (Å²) in [5.74, 6) is 0. The summed E-state index contributed by atoms with van der Waals surface area (Å²) in [6, 6.07) is 61.6. The number of benzene rings is 9. The topological polar surface area (TPSA) is 9.86 Å². The third-order valence-electron chi connectivity index (χ3n) is 15.7. The molecule has 1 unspecified atom stereocenters. The largest absolute Gasteiger partial charge is 0.310 e. The van der Waals surface area contributed by atoms with Gasteiger partial charge in [-0.2, -0.15) is 0 Å². The van der Waals surface area contributed by atoms with Crippen LogP contribution < -0.4 is 16.4 Å². The van der Waals surface area contributed by atoms with E-state index in [1.165, 1.54) is 155 Å². The van der Waals surface area contributed by atoms with Crippen LogP contribution in [0.15, 0.2) is 158 Å². The zero-order valence-corrected chi connectivity index (χ0v) is 36.0. The Labute approximate surface area is 366 Å². The van der Waals surface area contributed by atoms with Crippen LogP contribution in [0.5, 0.6) is 0 Å². The molecule has 0 bridgehead atoms. The third kappa shape index (κ3) is 3.84. The van der Waals surface area contributed by atoms with Crippen molar-refractivity contribution < 1.29 is 0 Å². The van der Waals surface area contributed by atoms with Gasteiger partial charge < -0.3 is 9.13 Å². The average molecular weight is 801 g/mol. The summed E-state index contributed by atoms with van der Waals surface area (Å²) in [5, 5.41) is 6.71. The van der Waals surface area contributed by atoms with Crippen molar-refractivity contribution in [1.29, 1.82) is 0 Å². The van der Waals surface area contributed by atoms with Gasteiger partial charge >= 0.3 is 0 Å². The second-order valence-corrected chi connectivity index (χ2v) is 19.1. The lowest BCUT2D eigenvalue weighted by Gasteiger charge is -2.44. The van der Waals surface area contributed by atoms with E-state index in [1.54, 1.807) is 0 Å². The molecule has 0 fully saturated rings. The van der Waals surface area contributed by atoms with E-state index in [-0.39, 0.29) is 6.71 Å². The minimum absolute atomic E-state index is 0.0219. The van der Waals surface area contributed by atoms with Gasteiger partial charge in [-0.1, -0.05) is 168 Å². The minimum atomic E-state index is -0.503. The standard InChI is InChI=1S/C60H41BN2/c1-32-14-21-37(22-15-32)52-53-40-11-7-6-10-39(40)31-48-59(53)62(55(52)38-23-16-33(2)17-24-38)49-29-27-45-57-54(49)61(48)47-28-20-36(5)51-50-35(4)19-26-44(56(50)63(57)58(47)51)60(45)43-13-9-8-12-41(43)42-25-18-34(3)30-46(42)60/h6-31H,1-5H3. The van der Waals surface area contributed by atoms with Gasteiger partial charge in [-0.05, 0) is 123 Å². The van der Waals surface area contributed by atoms with Crippen molar-refractivity contribution >= 4 is 66.6 Å². The molecular weight excluding hydrogens is 759 g/mol. The number of nitrogens with zero attached hydrogens (tertiary/aromatic N) is 2. The molecule has 5 heterocycles. The Kier molecular flexibility index (Phi) is 6.18. The average Bonchev–Trinajstić information content (AvgIpc) is 3.95. The third-order valence-corrected chi connectivity index (χ3v) is 15.7. The van der Waals surface area contributed by atoms with E-state index in [0.717, 1.165) is 0 Å². The molecular formula is C60H41BN2. The highest BCUT2D eigenvalue weighted by atomic mass is 15.1. The smallest absolute Gasteiger partial charge is 0.252 e. The van der Waals surface area contributed by atoms with E-state index in [2.05, 4.69) is 201 Å². The predicted molar refractivity (Wildman–Crippen MR) is 265 cm³/mol. The maximum Gasteiger partial charge on any atom is 0.252 e. The van der Waals surface area contributed by atoms with E-state index in [9.17, 15) is 0 Å². The lowest BCUT2D eigenvalue weighted by Crippen LogP contribution is -2.60. The summed E-state index contributed by atoms with van der Waals surface area (Å²) in [6.07, 6.45) is 0. The molecule has 3 aliphatic heterocycles. The first kappa shape index (κ1) is 34.3. The Bertz CT molecular complexity index is 3950. The molecule has 2 nitrogen and oxygen atoms in total. The SMILES string of the molecule is Cc1ccc(-c2c(-c3ccc(C)cc3)n3c4c(cc5ccccc5c24)B2c4c-3ccc3c4-n4c5c2ccc(C)c5c2c(C)ccc(c24)C32c3ccccc3-c3ccc(C)cc32)cc1. The fourth-order valence-corrected chi connectivity index (χ4v) is 13.2. The van der Waals surface area contributed by atoms with Crippen molar-refractivity contribution in [2.45, 2.75) is 40.0 Å². The quantitative estimate of drug-likeness (QED) is 0.154. The van der Waals surface area contributed by atoms with Gasteiger partial charge in [0, 0.05) is 38.6 Å². The molecule has 11 aromatic rings. The van der Waals surface area contributed by atoms with Gasteiger partial charge in [0.05, 0.1) is 22.1 Å². The summed E-state index contributed by atoms with van der Waals surface area (Å²) in [6.45, 7) is 11.3. The molecule has 0 N–H and O–H groups in total. The van der Waals surface area contributed by atoms with E-state index < -0.39 is 5.41 Å². The van der Waals surface area contributed by atoms with E-state index in [1.807, 2.05) is 0 Å². The second kappa shape index (κ2) is 11.4. The fraction of sp³-hybridized carbons (Fsp3) is 0.100. The highest BCUT2D eigenvalue weighted by molar-refractivity contribution is 7.00. The molecule has 4 aliphatic rings. The maximum absolute atomic E-state index is 2.75. The fourth-order valence-electron chi connectivity index (χ4n) is 13.2. The first-order valence-corrected chi connectivity index (χ1v) is 22.6. The monoisotopic (exact) mass is 800 g/mol. The molecule has 2 aromatic heterocycles. The van der Waals surface area contributed by atoms with Crippen LogP contribution in [0.1, 0.15) is 50.1 Å². The van der Waals surface area contributed by atoms with Crippen LogP contribution in [0.25, 0.3) is 88.4 Å². The van der Waals surface area contributed by atoms with Crippen LogP contribution in [0.4, 0.5) is 0 Å². The Balaban J connectivity index is 1.22. The number of rotatable bonds is 2. The van der Waals surface area contributed by atoms with Crippen molar-refractivity contribution in [1.82, 2.24) is 9.13 Å². The normalized spacial score (nSPS) is 15.7. The molecule has 3 heteroatoms. The van der Waals surface area contributed by atoms with Crippen molar-refractivity contribution in [3.63, 3.8) is 0 Å². The zero-order chi connectivity index (χ0) is 41.8. The van der Waals surface area contributed by atoms with Crippen LogP contribution >= 0.6 is 0 Å². The number of hydrogen-bond acceptors (Lipinski definition) is 0. The summed E-state index contributed by atoms with van der Waals surface area (Å²) in [7, 11) is 0. The Morgan fingerprint density at radius 3 is 1.90 bits per heavy atom. The number of fused-ring (bicyclic) bond motifs is 13. The number of aryl methyl sites for hydroxylation is 5. The molecule has 63 heavy (non-hydrogen) atoms. The minimum Gasteiger partial charge on any atom is -0.310 e. The van der Waals surface area contributed by atoms with Gasteiger partial charge in [0.1, 0.15) is 0 Å². The van der Waals surface area contributed by atoms with Gasteiger partial charge in [0.25, 0.3) is 6.71 Å². The van der Waals surface area contributed by atoms with Gasteiger partial charge in [0.15, 0.2) is 0 Å². The number of hydrogen-bond donors (Lipinski definition) is 0. The summed E-state index contributed by atoms with van der Waals surface area (Å²) in [4.78, 5) is 0. The van der Waals surface area contributed by atoms with Crippen LogP contribution in [-0.2, 0) is 5.41 Å². The summed E-state index contributed by atoms with van der Waals surface area (Å²) >= 11 is 0. The van der Waals surface area contributed by atoms with Crippen molar-refractivity contribution in [3.05, 3.63) is 208 Å². The lowest BCUT2D eigenvalue weighted by atomic mass is 9.33. The highest BCUT2D eigenvalue weighted by Crippen LogP contribution is 2.62. The molecule has 1 aliphatic carbocycles. The maximum atomic E-state index is 2.75. The van der Waals surface area contributed by atoms with Crippen LogP contribution in [0.3, 0.4) is 0 Å². The highest BCUT2D eigenvalue weighted by Gasteiger charge is 2.54. The molecule has 0 saturated heterocycles. The van der Waals surface area contributed by atoms with Crippen molar-refractivity contribution in [3.8, 4) is 44.9 Å². The summed E-state index contributed by atoms with van der Waals surface area (Å²) < 4.78 is 5.44. The van der Waals surface area contributed by atoms with Gasteiger partial charge in [-0.25, -0.2) is 0 Å². The van der Waals surface area contributed by atoms with Crippen LogP contribution in [0.2, 0.25) is 0 Å². The molecule has 294 valence electrons. The Hall–Kier alpha value is -7.36. The summed E-state index contributed by atoms with van der Waals surface area (Å²) in [5.41, 5.74) is 30.2. The van der Waals surface area contributed by atoms with Gasteiger partial charge in [-0.3, -0.25) is 0 Å².